The molecule has 68 valence electrons. The van der Waals surface area contributed by atoms with Crippen LogP contribution in [-0.4, -0.2) is 22.5 Å². The van der Waals surface area contributed by atoms with Crippen molar-refractivity contribution in [2.45, 2.75) is 32.7 Å². The number of aliphatic carboxylic acids is 1. The lowest BCUT2D eigenvalue weighted by atomic mass is 9.84. The van der Waals surface area contributed by atoms with Crippen LogP contribution in [0.5, 0.6) is 0 Å². The largest absolute Gasteiger partial charge is 0.480 e. The van der Waals surface area contributed by atoms with Crippen molar-refractivity contribution in [3.8, 4) is 0 Å². The predicted molar refractivity (Wildman–Crippen MR) is 42.6 cm³/mol. The van der Waals surface area contributed by atoms with Gasteiger partial charge >= 0.3 is 5.97 Å². The fourth-order valence-corrected chi connectivity index (χ4v) is 1.56. The Labute approximate surface area is 71.0 Å². The maximum Gasteiger partial charge on any atom is 0.329 e. The molecule has 1 fully saturated rings. The third-order valence-corrected chi connectivity index (χ3v) is 2.27. The van der Waals surface area contributed by atoms with Gasteiger partial charge in [0.2, 0.25) is 5.91 Å². The first kappa shape index (κ1) is 9.03. The summed E-state index contributed by atoms with van der Waals surface area (Å²) < 4.78 is 0. The fraction of sp³-hybridized carbons (Fsp3) is 0.750. The molecule has 0 aromatic rings. The Kier molecular flexibility index (Phi) is 1.67. The minimum atomic E-state index is -1.08. The molecule has 0 bridgehead atoms. The molecule has 4 nitrogen and oxygen atoms in total. The van der Waals surface area contributed by atoms with Crippen LogP contribution in [0, 0.1) is 5.41 Å². The summed E-state index contributed by atoms with van der Waals surface area (Å²) >= 11 is 0. The molecule has 1 saturated heterocycles. The zero-order chi connectivity index (χ0) is 9.57. The van der Waals surface area contributed by atoms with E-state index in [0.717, 1.165) is 0 Å². The van der Waals surface area contributed by atoms with Gasteiger partial charge in [0.15, 0.2) is 0 Å². The molecular formula is C8H13NO3. The lowest BCUT2D eigenvalue weighted by Gasteiger charge is -2.18. The topological polar surface area (TPSA) is 66.4 Å². The van der Waals surface area contributed by atoms with Crippen LogP contribution >= 0.6 is 0 Å². The van der Waals surface area contributed by atoms with Gasteiger partial charge in [-0.2, -0.15) is 0 Å². The minimum absolute atomic E-state index is 0.188. The smallest absolute Gasteiger partial charge is 0.329 e. The second kappa shape index (κ2) is 2.21. The molecule has 0 radical (unpaired) electrons. The molecule has 0 aromatic heterocycles. The monoisotopic (exact) mass is 171 g/mol. The summed E-state index contributed by atoms with van der Waals surface area (Å²) in [6, 6.07) is 0. The number of carbonyl (C=O) groups excluding carboxylic acids is 1. The van der Waals surface area contributed by atoms with E-state index in [1.165, 1.54) is 6.92 Å². The number of hydrogen-bond acceptors (Lipinski definition) is 2. The Morgan fingerprint density at radius 2 is 2.00 bits per heavy atom. The van der Waals surface area contributed by atoms with E-state index >= 15 is 0 Å². The average Bonchev–Trinajstić information content (AvgIpc) is 2.03. The average molecular weight is 171 g/mol. The van der Waals surface area contributed by atoms with Crippen molar-refractivity contribution >= 4 is 11.9 Å². The predicted octanol–water partition coefficient (Wildman–Crippen LogP) is 0.376. The third-order valence-electron chi connectivity index (χ3n) is 2.27. The summed E-state index contributed by atoms with van der Waals surface area (Å²) in [4.78, 5) is 22.0. The number of carboxylic acid groups (broad SMARTS) is 1. The minimum Gasteiger partial charge on any atom is -0.480 e. The number of amides is 1. The molecule has 12 heavy (non-hydrogen) atoms. The van der Waals surface area contributed by atoms with Gasteiger partial charge in [-0.15, -0.1) is 0 Å². The standard InChI is InChI=1S/C8H13NO3/c1-7(2)4-8(3,6(11)12)9-5(7)10/h4H2,1-3H3,(H,9,10)(H,11,12)/t8-/m0/s1. The summed E-state index contributed by atoms with van der Waals surface area (Å²) in [7, 11) is 0. The lowest BCUT2D eigenvalue weighted by Crippen LogP contribution is -2.45. The molecule has 0 aromatic carbocycles. The van der Waals surface area contributed by atoms with E-state index < -0.39 is 16.9 Å². The third kappa shape index (κ3) is 1.17. The van der Waals surface area contributed by atoms with Gasteiger partial charge in [0.05, 0.1) is 0 Å². The molecule has 1 atom stereocenters. The Balaban J connectivity index is 2.92. The maximum absolute atomic E-state index is 11.2. The van der Waals surface area contributed by atoms with Crippen molar-refractivity contribution in [3.63, 3.8) is 0 Å². The molecule has 1 aliphatic rings. The van der Waals surface area contributed by atoms with Crippen molar-refractivity contribution in [1.82, 2.24) is 5.32 Å². The second-order valence-corrected chi connectivity index (χ2v) is 4.15. The van der Waals surface area contributed by atoms with E-state index in [2.05, 4.69) is 5.32 Å². The number of nitrogens with one attached hydrogen (secondary N) is 1. The van der Waals surface area contributed by atoms with Gasteiger partial charge in [-0.05, 0) is 13.3 Å². The first-order valence-corrected chi connectivity index (χ1v) is 3.84. The molecule has 1 rings (SSSR count). The SMILES string of the molecule is CC1(C)C[C@@](C)(C(=O)O)NC1=O. The molecule has 0 unspecified atom stereocenters. The molecular weight excluding hydrogens is 158 g/mol. The Bertz CT molecular complexity index is 247. The molecule has 1 amide bonds. The van der Waals surface area contributed by atoms with Crippen LogP contribution in [0.15, 0.2) is 0 Å². The van der Waals surface area contributed by atoms with E-state index in [4.69, 9.17) is 5.11 Å². The Hall–Kier alpha value is -1.06. The van der Waals surface area contributed by atoms with Gasteiger partial charge in [-0.1, -0.05) is 13.8 Å². The molecule has 2 N–H and O–H groups in total. The maximum atomic E-state index is 11.2. The first-order chi connectivity index (χ1) is 5.28. The van der Waals surface area contributed by atoms with Crippen LogP contribution in [0.2, 0.25) is 0 Å². The Morgan fingerprint density at radius 3 is 2.17 bits per heavy atom. The van der Waals surface area contributed by atoms with Crippen molar-refractivity contribution in [3.05, 3.63) is 0 Å². The van der Waals surface area contributed by atoms with E-state index in [9.17, 15) is 9.59 Å². The number of hydrogen-bond donors (Lipinski definition) is 2. The van der Waals surface area contributed by atoms with Crippen LogP contribution < -0.4 is 5.32 Å². The molecule has 1 aliphatic heterocycles. The summed E-state index contributed by atoms with van der Waals surface area (Å²) in [6.45, 7) is 5.02. The van der Waals surface area contributed by atoms with Crippen molar-refractivity contribution in [2.75, 3.05) is 0 Å². The highest BCUT2D eigenvalue weighted by Crippen LogP contribution is 2.34. The van der Waals surface area contributed by atoms with Gasteiger partial charge in [-0.25, -0.2) is 4.79 Å². The van der Waals surface area contributed by atoms with Crippen molar-refractivity contribution in [2.24, 2.45) is 5.41 Å². The van der Waals surface area contributed by atoms with E-state index in [1.807, 2.05) is 0 Å². The zero-order valence-electron chi connectivity index (χ0n) is 7.47. The summed E-state index contributed by atoms with van der Waals surface area (Å²) in [5, 5.41) is 11.3. The van der Waals surface area contributed by atoms with E-state index in [-0.39, 0.29) is 5.91 Å². The zero-order valence-corrected chi connectivity index (χ0v) is 7.47. The van der Waals surface area contributed by atoms with Gasteiger partial charge in [0.25, 0.3) is 0 Å². The highest BCUT2D eigenvalue weighted by atomic mass is 16.4. The first-order valence-electron chi connectivity index (χ1n) is 3.84. The Morgan fingerprint density at radius 1 is 1.50 bits per heavy atom. The number of carbonyl (C=O) groups is 2. The van der Waals surface area contributed by atoms with Gasteiger partial charge in [0.1, 0.15) is 5.54 Å². The summed E-state index contributed by atoms with van der Waals surface area (Å²) in [5.41, 5.74) is -1.65. The highest BCUT2D eigenvalue weighted by molar-refractivity contribution is 5.93. The van der Waals surface area contributed by atoms with Crippen LogP contribution in [-0.2, 0) is 9.59 Å². The van der Waals surface area contributed by atoms with Gasteiger partial charge < -0.3 is 10.4 Å². The lowest BCUT2D eigenvalue weighted by molar-refractivity contribution is -0.144. The van der Waals surface area contributed by atoms with Crippen LogP contribution in [0.3, 0.4) is 0 Å². The van der Waals surface area contributed by atoms with Gasteiger partial charge in [0, 0.05) is 5.41 Å². The molecule has 0 aliphatic carbocycles. The summed E-state index contributed by atoms with van der Waals surface area (Å²) in [5.74, 6) is -1.16. The van der Waals surface area contributed by atoms with Crippen molar-refractivity contribution < 1.29 is 14.7 Å². The van der Waals surface area contributed by atoms with Crippen LogP contribution in [0.1, 0.15) is 27.2 Å². The van der Waals surface area contributed by atoms with E-state index in [0.29, 0.717) is 6.42 Å². The summed E-state index contributed by atoms with van der Waals surface area (Å²) in [6.07, 6.45) is 0.341. The molecule has 1 heterocycles. The molecule has 0 spiro atoms. The quantitative estimate of drug-likeness (QED) is 0.599. The molecule has 0 saturated carbocycles. The fourth-order valence-electron chi connectivity index (χ4n) is 1.56. The van der Waals surface area contributed by atoms with Crippen LogP contribution in [0.4, 0.5) is 0 Å². The normalized spacial score (nSPS) is 33.1. The van der Waals surface area contributed by atoms with Gasteiger partial charge in [-0.3, -0.25) is 4.79 Å². The van der Waals surface area contributed by atoms with Crippen molar-refractivity contribution in [1.29, 1.82) is 0 Å². The highest BCUT2D eigenvalue weighted by Gasteiger charge is 2.50. The van der Waals surface area contributed by atoms with E-state index in [1.54, 1.807) is 13.8 Å². The second-order valence-electron chi connectivity index (χ2n) is 4.15. The van der Waals surface area contributed by atoms with Crippen LogP contribution in [0.25, 0.3) is 0 Å². The number of carboxylic acids is 1. The number of rotatable bonds is 1. The molecule has 4 heteroatoms.